The number of hydrogen-bond donors (Lipinski definition) is 0. The minimum absolute atomic E-state index is 0.220. The number of nitro groups is 1. The molecule has 7 nitrogen and oxygen atoms in total. The van der Waals surface area contributed by atoms with Crippen molar-refractivity contribution < 1.29 is 9.72 Å². The summed E-state index contributed by atoms with van der Waals surface area (Å²) in [6.45, 7) is 0. The van der Waals surface area contributed by atoms with Gasteiger partial charge in [0.1, 0.15) is 19.0 Å². The fourth-order valence-electron chi connectivity index (χ4n) is 1.36. The lowest BCUT2D eigenvalue weighted by atomic mass is 10.3. The summed E-state index contributed by atoms with van der Waals surface area (Å²) in [6, 6.07) is 3.25. The minimum Gasteiger partial charge on any atom is -0.273 e. The van der Waals surface area contributed by atoms with Crippen LogP contribution in [0, 0.1) is 10.1 Å². The van der Waals surface area contributed by atoms with E-state index in [1.165, 1.54) is 23.6 Å². The average molecular weight is 232 g/mol. The summed E-state index contributed by atoms with van der Waals surface area (Å²) in [6.07, 6.45) is 5.12. The van der Waals surface area contributed by atoms with Crippen molar-refractivity contribution in [3.05, 3.63) is 46.5 Å². The first-order valence-electron chi connectivity index (χ1n) is 4.77. The molecule has 0 saturated carbocycles. The molecule has 0 bridgehead atoms. The molecule has 0 saturated heterocycles. The second kappa shape index (κ2) is 4.52. The van der Waals surface area contributed by atoms with Gasteiger partial charge in [-0.25, -0.2) is 4.99 Å². The summed E-state index contributed by atoms with van der Waals surface area (Å²) >= 11 is 0. The molecule has 2 heterocycles. The van der Waals surface area contributed by atoms with Crippen LogP contribution in [-0.4, -0.2) is 22.2 Å². The molecule has 1 amide bonds. The minimum atomic E-state index is -0.606. The van der Waals surface area contributed by atoms with Gasteiger partial charge in [0.15, 0.2) is 0 Å². The molecule has 0 aliphatic carbocycles. The number of pyridine rings is 1. The molecule has 1 aliphatic rings. The van der Waals surface area contributed by atoms with Crippen molar-refractivity contribution in [2.75, 3.05) is 4.90 Å². The van der Waals surface area contributed by atoms with Gasteiger partial charge in [0.05, 0.1) is 10.6 Å². The van der Waals surface area contributed by atoms with E-state index in [0.29, 0.717) is 5.69 Å². The Morgan fingerprint density at radius 1 is 1.35 bits per heavy atom. The molecule has 86 valence electrons. The Hall–Kier alpha value is -2.57. The average Bonchev–Trinajstić information content (AvgIpc) is 2.52. The third kappa shape index (κ3) is 2.33. The highest BCUT2D eigenvalue weighted by molar-refractivity contribution is 6.09. The van der Waals surface area contributed by atoms with Gasteiger partial charge in [-0.3, -0.25) is 24.8 Å². The van der Waals surface area contributed by atoms with Gasteiger partial charge in [-0.05, 0) is 12.1 Å². The normalized spacial score (nSPS) is 15.4. The number of anilines is 1. The van der Waals surface area contributed by atoms with E-state index in [-0.39, 0.29) is 12.1 Å². The molecule has 0 N–H and O–H groups in total. The van der Waals surface area contributed by atoms with Crippen molar-refractivity contribution in [2.24, 2.45) is 4.99 Å². The molecule has 2 rings (SSSR count). The smallest absolute Gasteiger partial charge is 0.273 e. The maximum atomic E-state index is 11.8. The van der Waals surface area contributed by atoms with Crippen molar-refractivity contribution in [1.82, 2.24) is 4.98 Å². The molecular weight excluding hydrogens is 224 g/mol. The fraction of sp³-hybridized carbons (Fsp3) is 0.100. The molecule has 0 radical (unpaired) electrons. The molecule has 1 aromatic rings. The number of carbonyl (C=O) groups is 1. The van der Waals surface area contributed by atoms with Crippen molar-refractivity contribution >= 4 is 17.9 Å². The van der Waals surface area contributed by atoms with Gasteiger partial charge in [-0.1, -0.05) is 0 Å². The van der Waals surface area contributed by atoms with Crippen LogP contribution in [0.5, 0.6) is 0 Å². The zero-order valence-corrected chi connectivity index (χ0v) is 8.68. The van der Waals surface area contributed by atoms with Crippen LogP contribution in [0.1, 0.15) is 6.42 Å². The summed E-state index contributed by atoms with van der Waals surface area (Å²) in [5.41, 5.74) is 0.356. The number of rotatable bonds is 2. The molecular formula is C10H8N4O3. The Bertz CT molecular complexity index is 510. The van der Waals surface area contributed by atoms with Crippen LogP contribution < -0.4 is 4.90 Å². The molecule has 7 heteroatoms. The lowest BCUT2D eigenvalue weighted by Crippen LogP contribution is -2.29. The van der Waals surface area contributed by atoms with Gasteiger partial charge < -0.3 is 0 Å². The van der Waals surface area contributed by atoms with Gasteiger partial charge >= 0.3 is 0 Å². The van der Waals surface area contributed by atoms with Gasteiger partial charge in [0.2, 0.25) is 5.91 Å². The van der Waals surface area contributed by atoms with E-state index in [0.717, 1.165) is 6.20 Å². The van der Waals surface area contributed by atoms with Crippen molar-refractivity contribution in [3.8, 4) is 0 Å². The first-order chi connectivity index (χ1) is 8.18. The first kappa shape index (κ1) is 10.9. The van der Waals surface area contributed by atoms with Gasteiger partial charge in [-0.2, -0.15) is 0 Å². The van der Waals surface area contributed by atoms with E-state index in [1.807, 2.05) is 0 Å². The summed E-state index contributed by atoms with van der Waals surface area (Å²) in [4.78, 5) is 30.6. The van der Waals surface area contributed by atoms with Crippen LogP contribution in [0.15, 0.2) is 41.4 Å². The largest absolute Gasteiger partial charge is 0.273 e. The first-order valence-corrected chi connectivity index (χ1v) is 4.77. The standard InChI is InChI=1S/C10H8N4O3/c15-10-5-9(14(16)17)6-12-7-13(10)8-1-3-11-4-2-8/h1-4,6-7H,5H2. The van der Waals surface area contributed by atoms with Crippen LogP contribution in [0.25, 0.3) is 0 Å². The summed E-state index contributed by atoms with van der Waals surface area (Å²) < 4.78 is 0. The van der Waals surface area contributed by atoms with E-state index < -0.39 is 10.8 Å². The summed E-state index contributed by atoms with van der Waals surface area (Å²) in [5.74, 6) is -0.402. The van der Waals surface area contributed by atoms with E-state index >= 15 is 0 Å². The number of nitrogens with zero attached hydrogens (tertiary/aromatic N) is 4. The summed E-state index contributed by atoms with van der Waals surface area (Å²) in [5, 5.41) is 10.6. The van der Waals surface area contributed by atoms with Gasteiger partial charge in [0, 0.05) is 12.4 Å². The quantitative estimate of drug-likeness (QED) is 0.561. The number of aliphatic imine (C=N–C) groups is 1. The second-order valence-electron chi connectivity index (χ2n) is 3.29. The zero-order valence-electron chi connectivity index (χ0n) is 8.68. The zero-order chi connectivity index (χ0) is 12.3. The third-order valence-electron chi connectivity index (χ3n) is 2.18. The molecule has 17 heavy (non-hydrogen) atoms. The molecule has 1 aromatic heterocycles. The lowest BCUT2D eigenvalue weighted by molar-refractivity contribution is -0.426. The predicted octanol–water partition coefficient (Wildman–Crippen LogP) is 0.965. The molecule has 1 aliphatic heterocycles. The van der Waals surface area contributed by atoms with Crippen molar-refractivity contribution in [1.29, 1.82) is 0 Å². The highest BCUT2D eigenvalue weighted by atomic mass is 16.6. The second-order valence-corrected chi connectivity index (χ2v) is 3.29. The maximum absolute atomic E-state index is 11.8. The van der Waals surface area contributed by atoms with E-state index in [2.05, 4.69) is 9.98 Å². The molecule has 0 fully saturated rings. The van der Waals surface area contributed by atoms with E-state index in [9.17, 15) is 14.9 Å². The molecule has 0 aromatic carbocycles. The maximum Gasteiger partial charge on any atom is 0.273 e. The highest BCUT2D eigenvalue weighted by Crippen LogP contribution is 2.16. The third-order valence-corrected chi connectivity index (χ3v) is 2.18. The van der Waals surface area contributed by atoms with Gasteiger partial charge in [-0.15, -0.1) is 0 Å². The van der Waals surface area contributed by atoms with Crippen LogP contribution in [-0.2, 0) is 4.79 Å². The number of hydrogen-bond acceptors (Lipinski definition) is 5. The lowest BCUT2D eigenvalue weighted by Gasteiger charge is -2.14. The highest BCUT2D eigenvalue weighted by Gasteiger charge is 2.23. The Kier molecular flexibility index (Phi) is 2.91. The number of amides is 1. The van der Waals surface area contributed by atoms with Crippen molar-refractivity contribution in [2.45, 2.75) is 6.42 Å². The topological polar surface area (TPSA) is 88.7 Å². The Balaban J connectivity index is 2.26. The predicted molar refractivity (Wildman–Crippen MR) is 59.9 cm³/mol. The Labute approximate surface area is 96.2 Å². The molecule has 0 unspecified atom stereocenters. The fourth-order valence-corrected chi connectivity index (χ4v) is 1.36. The van der Waals surface area contributed by atoms with Crippen LogP contribution in [0.2, 0.25) is 0 Å². The van der Waals surface area contributed by atoms with Crippen LogP contribution in [0.3, 0.4) is 0 Å². The van der Waals surface area contributed by atoms with Crippen LogP contribution >= 0.6 is 0 Å². The Morgan fingerprint density at radius 3 is 2.71 bits per heavy atom. The van der Waals surface area contributed by atoms with E-state index in [4.69, 9.17) is 0 Å². The molecule has 0 spiro atoms. The number of aromatic nitrogens is 1. The van der Waals surface area contributed by atoms with Gasteiger partial charge in [0.25, 0.3) is 5.70 Å². The Morgan fingerprint density at radius 2 is 2.06 bits per heavy atom. The van der Waals surface area contributed by atoms with Crippen LogP contribution in [0.4, 0.5) is 5.69 Å². The summed E-state index contributed by atoms with van der Waals surface area (Å²) in [7, 11) is 0. The van der Waals surface area contributed by atoms with Crippen molar-refractivity contribution in [3.63, 3.8) is 0 Å². The van der Waals surface area contributed by atoms with E-state index in [1.54, 1.807) is 12.1 Å². The monoisotopic (exact) mass is 232 g/mol. The SMILES string of the molecule is O=C1CC([N+](=O)[O-])=CN=CN1c1ccncc1. The number of carbonyl (C=O) groups excluding carboxylic acids is 1. The molecule has 0 atom stereocenters.